The molecule has 0 unspecified atom stereocenters. The predicted octanol–water partition coefficient (Wildman–Crippen LogP) is 2.71. The van der Waals surface area contributed by atoms with Crippen molar-refractivity contribution in [2.45, 2.75) is 39.0 Å². The maximum absolute atomic E-state index is 13.1. The summed E-state index contributed by atoms with van der Waals surface area (Å²) in [6, 6.07) is 12.8. The molecule has 0 bridgehead atoms. The molecular formula is C23H26N3O4-. The van der Waals surface area contributed by atoms with Gasteiger partial charge in [0.15, 0.2) is 0 Å². The van der Waals surface area contributed by atoms with Crippen LogP contribution in [0.25, 0.3) is 0 Å². The minimum Gasteiger partial charge on any atom is -0.550 e. The summed E-state index contributed by atoms with van der Waals surface area (Å²) >= 11 is 0. The van der Waals surface area contributed by atoms with Crippen LogP contribution in [-0.4, -0.2) is 30.9 Å². The van der Waals surface area contributed by atoms with Crippen LogP contribution in [-0.2, 0) is 9.59 Å². The standard InChI is InChI=1S/C23H27N3O4/c1-16-5-7-17(8-6-16)25-23(30)19-15-18(24-21(27)11-12-22(28)29)9-10-20(19)26-13-3-2-4-14-26/h5-10,15H,2-4,11-14H2,1H3,(H,24,27)(H,25,30)(H,28,29)/p-1. The van der Waals surface area contributed by atoms with E-state index in [4.69, 9.17) is 0 Å². The van der Waals surface area contributed by atoms with Crippen LogP contribution in [0, 0.1) is 6.92 Å². The molecule has 3 rings (SSSR count). The van der Waals surface area contributed by atoms with Crippen LogP contribution >= 0.6 is 0 Å². The van der Waals surface area contributed by atoms with E-state index in [1.165, 1.54) is 6.42 Å². The van der Waals surface area contributed by atoms with Crippen molar-refractivity contribution >= 4 is 34.8 Å². The highest BCUT2D eigenvalue weighted by molar-refractivity contribution is 6.09. The predicted molar refractivity (Wildman–Crippen MR) is 115 cm³/mol. The fraction of sp³-hybridized carbons (Fsp3) is 0.348. The first kappa shape index (κ1) is 21.4. The quantitative estimate of drug-likeness (QED) is 0.733. The third-order valence-corrected chi connectivity index (χ3v) is 5.09. The molecule has 0 atom stereocenters. The highest BCUT2D eigenvalue weighted by Gasteiger charge is 2.20. The van der Waals surface area contributed by atoms with Crippen LogP contribution in [0.1, 0.15) is 48.0 Å². The van der Waals surface area contributed by atoms with E-state index in [9.17, 15) is 19.5 Å². The monoisotopic (exact) mass is 408 g/mol. The normalized spacial score (nSPS) is 13.6. The fourth-order valence-electron chi connectivity index (χ4n) is 3.48. The molecule has 1 heterocycles. The number of carboxylic acids is 1. The second-order valence-corrected chi connectivity index (χ2v) is 7.52. The van der Waals surface area contributed by atoms with Gasteiger partial charge in [-0.3, -0.25) is 9.59 Å². The summed E-state index contributed by atoms with van der Waals surface area (Å²) in [4.78, 5) is 37.8. The lowest BCUT2D eigenvalue weighted by Crippen LogP contribution is -2.31. The first-order valence-corrected chi connectivity index (χ1v) is 10.2. The van der Waals surface area contributed by atoms with Gasteiger partial charge in [-0.1, -0.05) is 17.7 Å². The van der Waals surface area contributed by atoms with Gasteiger partial charge in [0.2, 0.25) is 5.91 Å². The Bertz CT molecular complexity index is 919. The molecule has 2 N–H and O–H groups in total. The number of carbonyl (C=O) groups excluding carboxylic acids is 3. The van der Waals surface area contributed by atoms with Crippen molar-refractivity contribution in [1.82, 2.24) is 0 Å². The van der Waals surface area contributed by atoms with E-state index < -0.39 is 11.9 Å². The lowest BCUT2D eigenvalue weighted by atomic mass is 10.1. The van der Waals surface area contributed by atoms with Gasteiger partial charge in [-0.25, -0.2) is 0 Å². The number of rotatable bonds is 7. The Labute approximate surface area is 176 Å². The van der Waals surface area contributed by atoms with Gasteiger partial charge in [0.25, 0.3) is 5.91 Å². The van der Waals surface area contributed by atoms with Gasteiger partial charge >= 0.3 is 0 Å². The van der Waals surface area contributed by atoms with E-state index in [-0.39, 0.29) is 18.7 Å². The molecule has 1 aliphatic rings. The lowest BCUT2D eigenvalue weighted by Gasteiger charge is -2.30. The highest BCUT2D eigenvalue weighted by atomic mass is 16.4. The molecule has 1 saturated heterocycles. The maximum Gasteiger partial charge on any atom is 0.257 e. The molecule has 7 heteroatoms. The van der Waals surface area contributed by atoms with Gasteiger partial charge in [0.1, 0.15) is 0 Å². The van der Waals surface area contributed by atoms with Crippen molar-refractivity contribution in [3.63, 3.8) is 0 Å². The van der Waals surface area contributed by atoms with Crippen molar-refractivity contribution in [3.05, 3.63) is 53.6 Å². The van der Waals surface area contributed by atoms with Crippen molar-refractivity contribution in [3.8, 4) is 0 Å². The third kappa shape index (κ3) is 5.83. The molecule has 1 aliphatic heterocycles. The molecule has 7 nitrogen and oxygen atoms in total. The Kier molecular flexibility index (Phi) is 7.06. The van der Waals surface area contributed by atoms with E-state index >= 15 is 0 Å². The second kappa shape index (κ2) is 9.91. The molecular weight excluding hydrogens is 382 g/mol. The number of hydrogen-bond donors (Lipinski definition) is 2. The van der Waals surface area contributed by atoms with Crippen LogP contribution in [0.15, 0.2) is 42.5 Å². The summed E-state index contributed by atoms with van der Waals surface area (Å²) in [6.45, 7) is 3.73. The number of benzene rings is 2. The number of carboxylic acid groups (broad SMARTS) is 1. The van der Waals surface area contributed by atoms with Gasteiger partial charge in [-0.05, 0) is 62.9 Å². The van der Waals surface area contributed by atoms with E-state index in [1.54, 1.807) is 12.1 Å². The largest absolute Gasteiger partial charge is 0.550 e. The van der Waals surface area contributed by atoms with E-state index in [2.05, 4.69) is 15.5 Å². The van der Waals surface area contributed by atoms with Crippen LogP contribution in [0.2, 0.25) is 0 Å². The molecule has 158 valence electrons. The number of anilines is 3. The molecule has 0 saturated carbocycles. The second-order valence-electron chi connectivity index (χ2n) is 7.52. The average Bonchev–Trinajstić information content (AvgIpc) is 2.74. The van der Waals surface area contributed by atoms with Crippen molar-refractivity contribution in [2.24, 2.45) is 0 Å². The minimum absolute atomic E-state index is 0.179. The van der Waals surface area contributed by atoms with Gasteiger partial charge < -0.3 is 25.4 Å². The number of aliphatic carboxylic acids is 1. The average molecular weight is 408 g/mol. The number of carbonyl (C=O) groups is 3. The van der Waals surface area contributed by atoms with Gasteiger partial charge in [-0.2, -0.15) is 0 Å². The summed E-state index contributed by atoms with van der Waals surface area (Å²) in [5.74, 6) is -1.97. The van der Waals surface area contributed by atoms with Crippen LogP contribution in [0.3, 0.4) is 0 Å². The summed E-state index contributed by atoms with van der Waals surface area (Å²) in [6.07, 6.45) is 2.79. The molecule has 1 fully saturated rings. The maximum atomic E-state index is 13.1. The van der Waals surface area contributed by atoms with Crippen molar-refractivity contribution < 1.29 is 19.5 Å². The first-order valence-electron chi connectivity index (χ1n) is 10.2. The Morgan fingerprint density at radius 1 is 0.900 bits per heavy atom. The molecule has 0 aliphatic carbocycles. The van der Waals surface area contributed by atoms with Gasteiger partial charge in [-0.15, -0.1) is 0 Å². The minimum atomic E-state index is -1.27. The Hall–Kier alpha value is -3.35. The SMILES string of the molecule is Cc1ccc(NC(=O)c2cc(NC(=O)CCC(=O)[O-])ccc2N2CCCCC2)cc1. The number of amides is 2. The Balaban J connectivity index is 1.83. The summed E-state index contributed by atoms with van der Waals surface area (Å²) in [5.41, 5.74) is 3.54. The number of nitrogens with zero attached hydrogens (tertiary/aromatic N) is 1. The zero-order chi connectivity index (χ0) is 21.5. The van der Waals surface area contributed by atoms with Crippen LogP contribution in [0.4, 0.5) is 17.1 Å². The summed E-state index contributed by atoms with van der Waals surface area (Å²) < 4.78 is 0. The molecule has 2 aromatic rings. The van der Waals surface area contributed by atoms with E-state index in [0.29, 0.717) is 16.9 Å². The Morgan fingerprint density at radius 3 is 2.23 bits per heavy atom. The number of aryl methyl sites for hydroxylation is 1. The van der Waals surface area contributed by atoms with Gasteiger partial charge in [0.05, 0.1) is 5.56 Å². The smallest absolute Gasteiger partial charge is 0.257 e. The van der Waals surface area contributed by atoms with Gasteiger partial charge in [0, 0.05) is 42.5 Å². The lowest BCUT2D eigenvalue weighted by molar-refractivity contribution is -0.305. The zero-order valence-corrected chi connectivity index (χ0v) is 17.1. The summed E-state index contributed by atoms with van der Waals surface area (Å²) in [7, 11) is 0. The van der Waals surface area contributed by atoms with Crippen LogP contribution in [0.5, 0.6) is 0 Å². The van der Waals surface area contributed by atoms with E-state index in [0.717, 1.165) is 37.2 Å². The van der Waals surface area contributed by atoms with Crippen LogP contribution < -0.4 is 20.6 Å². The molecule has 0 aromatic heterocycles. The zero-order valence-electron chi connectivity index (χ0n) is 17.1. The number of nitrogens with one attached hydrogen (secondary N) is 2. The first-order chi connectivity index (χ1) is 14.4. The fourth-order valence-corrected chi connectivity index (χ4v) is 3.48. The summed E-state index contributed by atoms with van der Waals surface area (Å²) in [5, 5.41) is 16.2. The number of piperidine rings is 1. The molecule has 2 amide bonds. The highest BCUT2D eigenvalue weighted by Crippen LogP contribution is 2.28. The number of hydrogen-bond acceptors (Lipinski definition) is 5. The molecule has 0 radical (unpaired) electrons. The van der Waals surface area contributed by atoms with Crippen molar-refractivity contribution in [1.29, 1.82) is 0 Å². The molecule has 2 aromatic carbocycles. The van der Waals surface area contributed by atoms with E-state index in [1.807, 2.05) is 37.3 Å². The third-order valence-electron chi connectivity index (χ3n) is 5.09. The molecule has 30 heavy (non-hydrogen) atoms. The van der Waals surface area contributed by atoms with Crippen molar-refractivity contribution in [2.75, 3.05) is 28.6 Å². The topological polar surface area (TPSA) is 102 Å². The molecule has 0 spiro atoms. The Morgan fingerprint density at radius 2 is 1.57 bits per heavy atom.